The first-order valence-corrected chi connectivity index (χ1v) is 7.17. The van der Waals surface area contributed by atoms with E-state index < -0.39 is 0 Å². The quantitative estimate of drug-likeness (QED) is 0.889. The van der Waals surface area contributed by atoms with Gasteiger partial charge in [-0.3, -0.25) is 4.79 Å². The van der Waals surface area contributed by atoms with Gasteiger partial charge in [0.25, 0.3) is 0 Å². The Labute approximate surface area is 119 Å². The Morgan fingerprint density at radius 1 is 1.26 bits per heavy atom. The van der Waals surface area contributed by atoms with Gasteiger partial charge in [-0.25, -0.2) is 0 Å². The Hall–Kier alpha value is -1.06. The highest BCUT2D eigenvalue weighted by Gasteiger charge is 2.24. The number of hydrogen-bond acceptors (Lipinski definition) is 2. The monoisotopic (exact) mass is 280 g/mol. The molecule has 2 N–H and O–H groups in total. The minimum absolute atomic E-state index is 0.0592. The number of carbonyl (C=O) groups is 1. The molecule has 0 radical (unpaired) electrons. The van der Waals surface area contributed by atoms with Gasteiger partial charge in [-0.2, -0.15) is 0 Å². The molecule has 1 aliphatic rings. The zero-order chi connectivity index (χ0) is 14.0. The molecule has 1 amide bonds. The second kappa shape index (κ2) is 5.93. The first-order chi connectivity index (χ1) is 8.95. The molecule has 2 unspecified atom stereocenters. The number of hydrogen-bond donors (Lipinski definition) is 2. The SMILES string of the molecule is CC(C)NC(=O)C(C)NC1Cc2ccc(Cl)cc2C1. The highest BCUT2D eigenvalue weighted by atomic mass is 35.5. The molecule has 0 fully saturated rings. The molecule has 2 rings (SSSR count). The Kier molecular flexibility index (Phi) is 4.48. The van der Waals surface area contributed by atoms with Crippen LogP contribution in [-0.2, 0) is 17.6 Å². The number of rotatable bonds is 4. The Bertz CT molecular complexity index is 473. The van der Waals surface area contributed by atoms with Crippen LogP contribution in [0.25, 0.3) is 0 Å². The Morgan fingerprint density at radius 2 is 1.95 bits per heavy atom. The molecule has 0 spiro atoms. The summed E-state index contributed by atoms with van der Waals surface area (Å²) in [5.74, 6) is 0.0592. The number of benzene rings is 1. The molecule has 0 saturated heterocycles. The average molecular weight is 281 g/mol. The van der Waals surface area contributed by atoms with Crippen molar-refractivity contribution in [2.24, 2.45) is 0 Å². The van der Waals surface area contributed by atoms with Crippen molar-refractivity contribution in [3.8, 4) is 0 Å². The summed E-state index contributed by atoms with van der Waals surface area (Å²) in [6.07, 6.45) is 1.90. The van der Waals surface area contributed by atoms with Crippen molar-refractivity contribution in [3.63, 3.8) is 0 Å². The van der Waals surface area contributed by atoms with E-state index >= 15 is 0 Å². The van der Waals surface area contributed by atoms with Crippen LogP contribution in [0.15, 0.2) is 18.2 Å². The van der Waals surface area contributed by atoms with Gasteiger partial charge in [-0.05, 0) is 56.9 Å². The van der Waals surface area contributed by atoms with E-state index in [9.17, 15) is 4.79 Å². The molecule has 19 heavy (non-hydrogen) atoms. The van der Waals surface area contributed by atoms with E-state index in [2.05, 4.69) is 16.7 Å². The maximum absolute atomic E-state index is 11.9. The van der Waals surface area contributed by atoms with Crippen molar-refractivity contribution in [2.75, 3.05) is 0 Å². The van der Waals surface area contributed by atoms with Crippen molar-refractivity contribution in [2.45, 2.75) is 51.7 Å². The third kappa shape index (κ3) is 3.71. The minimum Gasteiger partial charge on any atom is -0.353 e. The van der Waals surface area contributed by atoms with E-state index in [4.69, 9.17) is 11.6 Å². The first kappa shape index (κ1) is 14.4. The molecule has 0 saturated carbocycles. The van der Waals surface area contributed by atoms with Crippen LogP contribution < -0.4 is 10.6 Å². The fraction of sp³-hybridized carbons (Fsp3) is 0.533. The molecular formula is C15H21ClN2O. The molecule has 1 aromatic rings. The molecular weight excluding hydrogens is 260 g/mol. The first-order valence-electron chi connectivity index (χ1n) is 6.79. The third-order valence-electron chi connectivity index (χ3n) is 3.41. The smallest absolute Gasteiger partial charge is 0.237 e. The number of carbonyl (C=O) groups excluding carboxylic acids is 1. The highest BCUT2D eigenvalue weighted by Crippen LogP contribution is 2.25. The van der Waals surface area contributed by atoms with E-state index in [1.165, 1.54) is 11.1 Å². The highest BCUT2D eigenvalue weighted by molar-refractivity contribution is 6.30. The van der Waals surface area contributed by atoms with Crippen LogP contribution in [0.2, 0.25) is 5.02 Å². The molecule has 0 heterocycles. The molecule has 1 aliphatic carbocycles. The molecule has 1 aromatic carbocycles. The summed E-state index contributed by atoms with van der Waals surface area (Å²) in [4.78, 5) is 11.9. The molecule has 0 bridgehead atoms. The predicted octanol–water partition coefficient (Wildman–Crippen LogP) is 2.31. The lowest BCUT2D eigenvalue weighted by atomic mass is 10.1. The van der Waals surface area contributed by atoms with Crippen LogP contribution in [0.4, 0.5) is 0 Å². The van der Waals surface area contributed by atoms with Gasteiger partial charge in [0.1, 0.15) is 0 Å². The van der Waals surface area contributed by atoms with Crippen LogP contribution >= 0.6 is 11.6 Å². The van der Waals surface area contributed by atoms with E-state index in [0.29, 0.717) is 6.04 Å². The molecule has 2 atom stereocenters. The van der Waals surface area contributed by atoms with Crippen molar-refractivity contribution in [1.82, 2.24) is 10.6 Å². The van der Waals surface area contributed by atoms with Crippen LogP contribution in [0.3, 0.4) is 0 Å². The molecule has 0 aliphatic heterocycles. The summed E-state index contributed by atoms with van der Waals surface area (Å²) in [5, 5.41) is 7.10. The van der Waals surface area contributed by atoms with Gasteiger partial charge in [0.15, 0.2) is 0 Å². The van der Waals surface area contributed by atoms with E-state index in [1.807, 2.05) is 32.9 Å². The lowest BCUT2D eigenvalue weighted by molar-refractivity contribution is -0.123. The van der Waals surface area contributed by atoms with Crippen LogP contribution in [0, 0.1) is 0 Å². The van der Waals surface area contributed by atoms with Gasteiger partial charge in [-0.1, -0.05) is 17.7 Å². The summed E-state index contributed by atoms with van der Waals surface area (Å²) < 4.78 is 0. The van der Waals surface area contributed by atoms with Crippen molar-refractivity contribution in [1.29, 1.82) is 0 Å². The van der Waals surface area contributed by atoms with Gasteiger partial charge in [0.05, 0.1) is 6.04 Å². The zero-order valence-electron chi connectivity index (χ0n) is 11.7. The van der Waals surface area contributed by atoms with Gasteiger partial charge >= 0.3 is 0 Å². The zero-order valence-corrected chi connectivity index (χ0v) is 12.4. The number of halogens is 1. The average Bonchev–Trinajstić information content (AvgIpc) is 2.69. The molecule has 104 valence electrons. The summed E-state index contributed by atoms with van der Waals surface area (Å²) in [5.41, 5.74) is 2.62. The number of amides is 1. The van der Waals surface area contributed by atoms with E-state index in [-0.39, 0.29) is 18.0 Å². The summed E-state index contributed by atoms with van der Waals surface area (Å²) in [6.45, 7) is 5.85. The lowest BCUT2D eigenvalue weighted by Crippen LogP contribution is -2.48. The number of nitrogens with one attached hydrogen (secondary N) is 2. The molecule has 3 nitrogen and oxygen atoms in total. The fourth-order valence-electron chi connectivity index (χ4n) is 2.54. The number of fused-ring (bicyclic) bond motifs is 1. The summed E-state index contributed by atoms with van der Waals surface area (Å²) in [6, 6.07) is 6.36. The Morgan fingerprint density at radius 3 is 2.63 bits per heavy atom. The minimum atomic E-state index is -0.169. The normalized spacial score (nSPS) is 19.3. The van der Waals surface area contributed by atoms with Crippen molar-refractivity contribution in [3.05, 3.63) is 34.3 Å². The second-order valence-electron chi connectivity index (χ2n) is 5.57. The fourth-order valence-corrected chi connectivity index (χ4v) is 2.74. The molecule has 4 heteroatoms. The van der Waals surface area contributed by atoms with Gasteiger partial charge in [0.2, 0.25) is 5.91 Å². The van der Waals surface area contributed by atoms with Crippen LogP contribution in [0.5, 0.6) is 0 Å². The lowest BCUT2D eigenvalue weighted by Gasteiger charge is -2.20. The van der Waals surface area contributed by atoms with Gasteiger partial charge in [0, 0.05) is 17.1 Å². The molecule has 0 aromatic heterocycles. The largest absolute Gasteiger partial charge is 0.353 e. The van der Waals surface area contributed by atoms with E-state index in [0.717, 1.165) is 17.9 Å². The second-order valence-corrected chi connectivity index (χ2v) is 6.01. The maximum atomic E-state index is 11.9. The standard InChI is InChI=1S/C15H21ClN2O/c1-9(2)17-15(19)10(3)18-14-7-11-4-5-13(16)6-12(11)8-14/h4-6,9-10,14,18H,7-8H2,1-3H3,(H,17,19). The van der Waals surface area contributed by atoms with Crippen molar-refractivity contribution < 1.29 is 4.79 Å². The van der Waals surface area contributed by atoms with Crippen molar-refractivity contribution >= 4 is 17.5 Å². The van der Waals surface area contributed by atoms with Crippen LogP contribution in [0.1, 0.15) is 31.9 Å². The predicted molar refractivity (Wildman–Crippen MR) is 78.5 cm³/mol. The topological polar surface area (TPSA) is 41.1 Å². The maximum Gasteiger partial charge on any atom is 0.237 e. The van der Waals surface area contributed by atoms with Gasteiger partial charge < -0.3 is 10.6 Å². The van der Waals surface area contributed by atoms with Gasteiger partial charge in [-0.15, -0.1) is 0 Å². The summed E-state index contributed by atoms with van der Waals surface area (Å²) >= 11 is 6.00. The Balaban J connectivity index is 1.91. The third-order valence-corrected chi connectivity index (χ3v) is 3.65. The van der Waals surface area contributed by atoms with E-state index in [1.54, 1.807) is 0 Å². The van der Waals surface area contributed by atoms with Crippen LogP contribution in [-0.4, -0.2) is 24.0 Å². The summed E-state index contributed by atoms with van der Waals surface area (Å²) in [7, 11) is 0.